The lowest BCUT2D eigenvalue weighted by Crippen LogP contribution is -2.46. The van der Waals surface area contributed by atoms with Gasteiger partial charge >= 0.3 is 0 Å². The van der Waals surface area contributed by atoms with E-state index in [4.69, 9.17) is 0 Å². The van der Waals surface area contributed by atoms with Gasteiger partial charge in [0.1, 0.15) is 0 Å². The van der Waals surface area contributed by atoms with E-state index >= 15 is 0 Å². The molecule has 0 radical (unpaired) electrons. The van der Waals surface area contributed by atoms with E-state index < -0.39 is 5.60 Å². The first-order chi connectivity index (χ1) is 12.2. The Bertz CT molecular complexity index is 664. The molecule has 5 nitrogen and oxygen atoms in total. The Hall–Kier alpha value is -1.69. The SMILES string of the molecule is OC1(CN2CCCCC2)CCN(Cc2ccc(-n3ccnc3)cc2)C1. The molecule has 0 spiro atoms. The van der Waals surface area contributed by atoms with Crippen LogP contribution in [0, 0.1) is 0 Å². The highest BCUT2D eigenvalue weighted by Gasteiger charge is 2.37. The Balaban J connectivity index is 1.32. The molecule has 1 aromatic carbocycles. The molecule has 2 fully saturated rings. The Labute approximate surface area is 149 Å². The summed E-state index contributed by atoms with van der Waals surface area (Å²) < 4.78 is 2.01. The first-order valence-corrected chi connectivity index (χ1v) is 9.45. The van der Waals surface area contributed by atoms with Crippen LogP contribution in [-0.2, 0) is 6.54 Å². The second kappa shape index (κ2) is 7.28. The van der Waals surface area contributed by atoms with Crippen LogP contribution in [0.4, 0.5) is 0 Å². The molecule has 25 heavy (non-hydrogen) atoms. The van der Waals surface area contributed by atoms with Gasteiger partial charge in [0, 0.05) is 44.3 Å². The maximum Gasteiger partial charge on any atom is 0.0991 e. The van der Waals surface area contributed by atoms with Gasteiger partial charge in [-0.15, -0.1) is 0 Å². The maximum atomic E-state index is 11.0. The van der Waals surface area contributed by atoms with E-state index in [1.54, 1.807) is 6.20 Å². The standard InChI is InChI=1S/C20H28N4O/c25-20(15-22-10-2-1-3-11-22)8-12-23(16-20)14-18-4-6-19(7-5-18)24-13-9-21-17-24/h4-7,9,13,17,25H,1-3,8,10-12,14-16H2. The zero-order chi connectivity index (χ0) is 17.1. The molecule has 0 aliphatic carbocycles. The molecule has 0 amide bonds. The monoisotopic (exact) mass is 340 g/mol. The minimum absolute atomic E-state index is 0.534. The van der Waals surface area contributed by atoms with Crippen molar-refractivity contribution in [1.82, 2.24) is 19.4 Å². The molecule has 1 atom stereocenters. The van der Waals surface area contributed by atoms with Gasteiger partial charge in [-0.05, 0) is 50.0 Å². The van der Waals surface area contributed by atoms with Gasteiger partial charge in [0.05, 0.1) is 11.9 Å². The summed E-state index contributed by atoms with van der Waals surface area (Å²) in [6.45, 7) is 5.81. The first-order valence-electron chi connectivity index (χ1n) is 9.45. The van der Waals surface area contributed by atoms with Crippen molar-refractivity contribution < 1.29 is 5.11 Å². The molecule has 1 N–H and O–H groups in total. The summed E-state index contributed by atoms with van der Waals surface area (Å²) in [5, 5.41) is 11.0. The highest BCUT2D eigenvalue weighted by molar-refractivity contribution is 5.34. The fourth-order valence-corrected chi connectivity index (χ4v) is 4.18. The molecule has 4 rings (SSSR count). The van der Waals surface area contributed by atoms with Crippen LogP contribution in [0.1, 0.15) is 31.2 Å². The van der Waals surface area contributed by atoms with E-state index in [1.807, 2.05) is 17.1 Å². The third-order valence-corrected chi connectivity index (χ3v) is 5.52. The molecule has 1 aromatic heterocycles. The number of likely N-dealkylation sites (tertiary alicyclic amines) is 2. The third kappa shape index (κ3) is 4.11. The van der Waals surface area contributed by atoms with Crippen LogP contribution >= 0.6 is 0 Å². The number of hydrogen-bond donors (Lipinski definition) is 1. The molecular weight excluding hydrogens is 312 g/mol. The lowest BCUT2D eigenvalue weighted by atomic mass is 10.0. The molecule has 1 unspecified atom stereocenters. The number of aromatic nitrogens is 2. The van der Waals surface area contributed by atoms with Gasteiger partial charge in [0.15, 0.2) is 0 Å². The molecule has 0 bridgehead atoms. The van der Waals surface area contributed by atoms with Crippen molar-refractivity contribution in [2.75, 3.05) is 32.7 Å². The largest absolute Gasteiger partial charge is 0.387 e. The molecule has 5 heteroatoms. The van der Waals surface area contributed by atoms with E-state index in [1.165, 1.54) is 24.8 Å². The van der Waals surface area contributed by atoms with Crippen molar-refractivity contribution >= 4 is 0 Å². The highest BCUT2D eigenvalue weighted by Crippen LogP contribution is 2.25. The Kier molecular flexibility index (Phi) is 4.88. The van der Waals surface area contributed by atoms with Gasteiger partial charge in [0.25, 0.3) is 0 Å². The maximum absolute atomic E-state index is 11.0. The Morgan fingerprint density at radius 1 is 1.00 bits per heavy atom. The van der Waals surface area contributed by atoms with Crippen molar-refractivity contribution in [3.05, 3.63) is 48.5 Å². The van der Waals surface area contributed by atoms with Crippen LogP contribution in [0.2, 0.25) is 0 Å². The highest BCUT2D eigenvalue weighted by atomic mass is 16.3. The van der Waals surface area contributed by atoms with Gasteiger partial charge in [0.2, 0.25) is 0 Å². The minimum atomic E-state index is -0.534. The van der Waals surface area contributed by atoms with E-state index in [-0.39, 0.29) is 0 Å². The van der Waals surface area contributed by atoms with Gasteiger partial charge in [-0.1, -0.05) is 18.6 Å². The summed E-state index contributed by atoms with van der Waals surface area (Å²) in [5.41, 5.74) is 1.89. The van der Waals surface area contributed by atoms with Crippen LogP contribution in [0.5, 0.6) is 0 Å². The van der Waals surface area contributed by atoms with Gasteiger partial charge in [-0.3, -0.25) is 4.90 Å². The summed E-state index contributed by atoms with van der Waals surface area (Å²) in [4.78, 5) is 8.93. The third-order valence-electron chi connectivity index (χ3n) is 5.52. The molecule has 2 saturated heterocycles. The number of piperidine rings is 1. The zero-order valence-electron chi connectivity index (χ0n) is 14.8. The average molecular weight is 340 g/mol. The minimum Gasteiger partial charge on any atom is -0.387 e. The number of imidazole rings is 1. The van der Waals surface area contributed by atoms with Crippen LogP contribution in [0.3, 0.4) is 0 Å². The van der Waals surface area contributed by atoms with E-state index in [0.29, 0.717) is 0 Å². The fourth-order valence-electron chi connectivity index (χ4n) is 4.18. The molecule has 3 heterocycles. The molecular formula is C20H28N4O. The number of benzene rings is 1. The van der Waals surface area contributed by atoms with Crippen molar-refractivity contribution in [3.8, 4) is 5.69 Å². The Morgan fingerprint density at radius 3 is 2.52 bits per heavy atom. The van der Waals surface area contributed by atoms with Gasteiger partial charge in [-0.25, -0.2) is 4.98 Å². The lowest BCUT2D eigenvalue weighted by molar-refractivity contribution is 0.00635. The number of nitrogens with zero attached hydrogens (tertiary/aromatic N) is 4. The molecule has 134 valence electrons. The summed E-state index contributed by atoms with van der Waals surface area (Å²) in [7, 11) is 0. The predicted molar refractivity (Wildman–Crippen MR) is 98.7 cm³/mol. The van der Waals surface area contributed by atoms with Gasteiger partial charge in [-0.2, -0.15) is 0 Å². The summed E-state index contributed by atoms with van der Waals surface area (Å²) in [6, 6.07) is 8.62. The van der Waals surface area contributed by atoms with Crippen LogP contribution in [0.25, 0.3) is 5.69 Å². The van der Waals surface area contributed by atoms with Crippen molar-refractivity contribution in [2.24, 2.45) is 0 Å². The van der Waals surface area contributed by atoms with Crippen LogP contribution in [0.15, 0.2) is 43.0 Å². The summed E-state index contributed by atoms with van der Waals surface area (Å²) >= 11 is 0. The van der Waals surface area contributed by atoms with Crippen molar-refractivity contribution in [2.45, 2.75) is 37.8 Å². The smallest absolute Gasteiger partial charge is 0.0991 e. The quantitative estimate of drug-likeness (QED) is 0.907. The predicted octanol–water partition coefficient (Wildman–Crippen LogP) is 2.29. The second-order valence-electron chi connectivity index (χ2n) is 7.66. The summed E-state index contributed by atoms with van der Waals surface area (Å²) in [5.74, 6) is 0. The van der Waals surface area contributed by atoms with E-state index in [2.05, 4.69) is 39.0 Å². The summed E-state index contributed by atoms with van der Waals surface area (Å²) in [6.07, 6.45) is 10.4. The Morgan fingerprint density at radius 2 is 1.80 bits per heavy atom. The molecule has 2 aromatic rings. The number of aliphatic hydroxyl groups is 1. The van der Waals surface area contributed by atoms with Crippen molar-refractivity contribution in [3.63, 3.8) is 0 Å². The first kappa shape index (κ1) is 16.8. The molecule has 2 aliphatic rings. The van der Waals surface area contributed by atoms with Crippen LogP contribution < -0.4 is 0 Å². The number of hydrogen-bond acceptors (Lipinski definition) is 4. The fraction of sp³-hybridized carbons (Fsp3) is 0.550. The topological polar surface area (TPSA) is 44.5 Å². The van der Waals surface area contributed by atoms with Crippen molar-refractivity contribution in [1.29, 1.82) is 0 Å². The van der Waals surface area contributed by atoms with Crippen LogP contribution in [-0.4, -0.2) is 62.8 Å². The van der Waals surface area contributed by atoms with E-state index in [0.717, 1.165) is 51.4 Å². The number of β-amino-alcohol motifs (C(OH)–C–C–N with tert-alkyl or cyclic N) is 1. The average Bonchev–Trinajstić information content (AvgIpc) is 3.27. The normalized spacial score (nSPS) is 25.5. The molecule has 2 aliphatic heterocycles. The lowest BCUT2D eigenvalue weighted by Gasteiger charge is -2.33. The molecule has 0 saturated carbocycles. The number of rotatable bonds is 5. The van der Waals surface area contributed by atoms with Gasteiger partial charge < -0.3 is 14.6 Å². The van der Waals surface area contributed by atoms with E-state index in [9.17, 15) is 5.11 Å². The second-order valence-corrected chi connectivity index (χ2v) is 7.66. The zero-order valence-corrected chi connectivity index (χ0v) is 14.8.